The Balaban J connectivity index is 2.14. The molecule has 1 aliphatic heterocycles. The maximum absolute atomic E-state index is 11.5. The lowest BCUT2D eigenvalue weighted by atomic mass is 10.0. The number of carbonyl (C=O) groups is 1. The van der Waals surface area contributed by atoms with Crippen LogP contribution in [-0.2, 0) is 4.74 Å². The number of hydrogen-bond donors (Lipinski definition) is 1. The second-order valence-electron chi connectivity index (χ2n) is 5.41. The summed E-state index contributed by atoms with van der Waals surface area (Å²) in [5.41, 5.74) is 8.18. The Bertz CT molecular complexity index is 482. The van der Waals surface area contributed by atoms with Crippen molar-refractivity contribution in [2.24, 2.45) is 0 Å². The number of nitrogen functional groups attached to an aromatic ring is 1. The molecule has 1 aromatic rings. The van der Waals surface area contributed by atoms with Gasteiger partial charge < -0.3 is 20.3 Å². The van der Waals surface area contributed by atoms with Gasteiger partial charge in [0.1, 0.15) is 0 Å². The van der Waals surface area contributed by atoms with Crippen molar-refractivity contribution in [3.8, 4) is 0 Å². The van der Waals surface area contributed by atoms with Gasteiger partial charge in [-0.05, 0) is 51.2 Å². The first-order valence-corrected chi connectivity index (χ1v) is 6.92. The quantitative estimate of drug-likeness (QED) is 0.671. The molecule has 0 spiro atoms. The fourth-order valence-electron chi connectivity index (χ4n) is 2.70. The maximum atomic E-state index is 11.5. The number of hydrogen-bond acceptors (Lipinski definition) is 5. The van der Waals surface area contributed by atoms with E-state index in [0.717, 1.165) is 31.6 Å². The van der Waals surface area contributed by atoms with Gasteiger partial charge >= 0.3 is 5.97 Å². The SMILES string of the molecule is COC(=O)c1ccc(N(C)C2CCN(C)CC2)c(N)c1. The Labute approximate surface area is 120 Å². The van der Waals surface area contributed by atoms with Crippen LogP contribution in [0.5, 0.6) is 0 Å². The maximum Gasteiger partial charge on any atom is 0.337 e. The van der Waals surface area contributed by atoms with Crippen LogP contribution in [0.4, 0.5) is 11.4 Å². The Hall–Kier alpha value is -1.75. The van der Waals surface area contributed by atoms with E-state index in [4.69, 9.17) is 10.5 Å². The number of carbonyl (C=O) groups excluding carboxylic acids is 1. The average molecular weight is 277 g/mol. The average Bonchev–Trinajstić information content (AvgIpc) is 2.46. The number of ether oxygens (including phenoxy) is 1. The van der Waals surface area contributed by atoms with Crippen molar-refractivity contribution in [3.05, 3.63) is 23.8 Å². The molecule has 0 bridgehead atoms. The summed E-state index contributed by atoms with van der Waals surface area (Å²) >= 11 is 0. The summed E-state index contributed by atoms with van der Waals surface area (Å²) in [5, 5.41) is 0. The van der Waals surface area contributed by atoms with Gasteiger partial charge in [-0.3, -0.25) is 0 Å². The fraction of sp³-hybridized carbons (Fsp3) is 0.533. The molecule has 0 radical (unpaired) electrons. The number of rotatable bonds is 3. The van der Waals surface area contributed by atoms with Crippen molar-refractivity contribution in [1.82, 2.24) is 4.90 Å². The van der Waals surface area contributed by atoms with Crippen molar-refractivity contribution in [3.63, 3.8) is 0 Å². The van der Waals surface area contributed by atoms with Crippen molar-refractivity contribution in [1.29, 1.82) is 0 Å². The minimum absolute atomic E-state index is 0.356. The van der Waals surface area contributed by atoms with Gasteiger partial charge in [0.15, 0.2) is 0 Å². The molecule has 110 valence electrons. The molecule has 2 N–H and O–H groups in total. The van der Waals surface area contributed by atoms with Crippen molar-refractivity contribution < 1.29 is 9.53 Å². The molecular formula is C15H23N3O2. The second-order valence-corrected chi connectivity index (χ2v) is 5.41. The van der Waals surface area contributed by atoms with Gasteiger partial charge in [0.2, 0.25) is 0 Å². The van der Waals surface area contributed by atoms with Crippen LogP contribution in [0.25, 0.3) is 0 Å². The van der Waals surface area contributed by atoms with Crippen LogP contribution >= 0.6 is 0 Å². The van der Waals surface area contributed by atoms with E-state index in [-0.39, 0.29) is 5.97 Å². The predicted molar refractivity (Wildman–Crippen MR) is 81.1 cm³/mol. The van der Waals surface area contributed by atoms with Crippen LogP contribution in [0.15, 0.2) is 18.2 Å². The molecule has 1 aliphatic rings. The zero-order chi connectivity index (χ0) is 14.7. The molecule has 0 atom stereocenters. The monoisotopic (exact) mass is 277 g/mol. The fourth-order valence-corrected chi connectivity index (χ4v) is 2.70. The van der Waals surface area contributed by atoms with E-state index in [1.54, 1.807) is 12.1 Å². The highest BCUT2D eigenvalue weighted by Gasteiger charge is 2.22. The lowest BCUT2D eigenvalue weighted by molar-refractivity contribution is 0.0601. The van der Waals surface area contributed by atoms with Gasteiger partial charge in [-0.15, -0.1) is 0 Å². The minimum Gasteiger partial charge on any atom is -0.465 e. The lowest BCUT2D eigenvalue weighted by Gasteiger charge is -2.36. The van der Waals surface area contributed by atoms with Crippen LogP contribution < -0.4 is 10.6 Å². The van der Waals surface area contributed by atoms with E-state index in [9.17, 15) is 4.79 Å². The van der Waals surface area contributed by atoms with Crippen LogP contribution in [0.3, 0.4) is 0 Å². The summed E-state index contributed by atoms with van der Waals surface area (Å²) in [6.45, 7) is 2.21. The van der Waals surface area contributed by atoms with Gasteiger partial charge in [0.25, 0.3) is 0 Å². The molecule has 1 heterocycles. The number of piperidine rings is 1. The predicted octanol–water partition coefficient (Wildman–Crippen LogP) is 1.59. The number of nitrogens with zero attached hydrogens (tertiary/aromatic N) is 2. The Kier molecular flexibility index (Phi) is 4.49. The van der Waals surface area contributed by atoms with Crippen molar-refractivity contribution in [2.75, 3.05) is 44.9 Å². The number of anilines is 2. The van der Waals surface area contributed by atoms with Crippen LogP contribution in [0.1, 0.15) is 23.2 Å². The molecule has 0 amide bonds. The third-order valence-electron chi connectivity index (χ3n) is 4.06. The second kappa shape index (κ2) is 6.13. The zero-order valence-electron chi connectivity index (χ0n) is 12.4. The lowest BCUT2D eigenvalue weighted by Crippen LogP contribution is -2.42. The van der Waals surface area contributed by atoms with E-state index in [1.807, 2.05) is 6.07 Å². The highest BCUT2D eigenvalue weighted by molar-refractivity contribution is 5.91. The topological polar surface area (TPSA) is 58.8 Å². The molecule has 5 nitrogen and oxygen atoms in total. The van der Waals surface area contributed by atoms with Gasteiger partial charge in [-0.1, -0.05) is 0 Å². The zero-order valence-corrected chi connectivity index (χ0v) is 12.4. The van der Waals surface area contributed by atoms with Gasteiger partial charge in [-0.25, -0.2) is 4.79 Å². The largest absolute Gasteiger partial charge is 0.465 e. The molecule has 20 heavy (non-hydrogen) atoms. The van der Waals surface area contributed by atoms with Crippen LogP contribution in [0, 0.1) is 0 Å². The minimum atomic E-state index is -0.356. The smallest absolute Gasteiger partial charge is 0.337 e. The normalized spacial score (nSPS) is 16.9. The van der Waals surface area contributed by atoms with E-state index in [0.29, 0.717) is 17.3 Å². The third kappa shape index (κ3) is 3.04. The van der Waals surface area contributed by atoms with Gasteiger partial charge in [0, 0.05) is 13.1 Å². The molecule has 0 aliphatic carbocycles. The molecule has 0 saturated carbocycles. The molecule has 0 unspecified atom stereocenters. The molecular weight excluding hydrogens is 254 g/mol. The molecule has 5 heteroatoms. The van der Waals surface area contributed by atoms with Crippen molar-refractivity contribution in [2.45, 2.75) is 18.9 Å². The van der Waals surface area contributed by atoms with E-state index < -0.39 is 0 Å². The number of nitrogens with two attached hydrogens (primary N) is 1. The summed E-state index contributed by atoms with van der Waals surface area (Å²) < 4.78 is 4.71. The van der Waals surface area contributed by atoms with E-state index >= 15 is 0 Å². The summed E-state index contributed by atoms with van der Waals surface area (Å²) in [5.74, 6) is -0.356. The van der Waals surface area contributed by atoms with Crippen molar-refractivity contribution >= 4 is 17.3 Å². The molecule has 1 fully saturated rings. The van der Waals surface area contributed by atoms with E-state index in [2.05, 4.69) is 23.9 Å². The Morgan fingerprint density at radius 3 is 2.60 bits per heavy atom. The highest BCUT2D eigenvalue weighted by Crippen LogP contribution is 2.28. The summed E-state index contributed by atoms with van der Waals surface area (Å²) in [7, 11) is 5.59. The van der Waals surface area contributed by atoms with Gasteiger partial charge in [-0.2, -0.15) is 0 Å². The van der Waals surface area contributed by atoms with Gasteiger partial charge in [0.05, 0.1) is 24.0 Å². The highest BCUT2D eigenvalue weighted by atomic mass is 16.5. The first-order chi connectivity index (χ1) is 9.52. The molecule has 2 rings (SSSR count). The number of benzene rings is 1. The van der Waals surface area contributed by atoms with Crippen LogP contribution in [-0.4, -0.2) is 51.2 Å². The Morgan fingerprint density at radius 2 is 2.05 bits per heavy atom. The first kappa shape index (κ1) is 14.7. The summed E-state index contributed by atoms with van der Waals surface area (Å²) in [4.78, 5) is 16.1. The first-order valence-electron chi connectivity index (χ1n) is 6.92. The number of likely N-dealkylation sites (tertiary alicyclic amines) is 1. The standard InChI is InChI=1S/C15H23N3O2/c1-17-8-6-12(7-9-17)18(2)14-5-4-11(10-13(14)16)15(19)20-3/h4-5,10,12H,6-9,16H2,1-3H3. The summed E-state index contributed by atoms with van der Waals surface area (Å²) in [6.07, 6.45) is 2.26. The number of esters is 1. The summed E-state index contributed by atoms with van der Waals surface area (Å²) in [6, 6.07) is 5.85. The Morgan fingerprint density at radius 1 is 1.40 bits per heavy atom. The molecule has 1 saturated heterocycles. The van der Waals surface area contributed by atoms with E-state index in [1.165, 1.54) is 7.11 Å². The number of methoxy groups -OCH3 is 1. The third-order valence-corrected chi connectivity index (χ3v) is 4.06. The van der Waals surface area contributed by atoms with Crippen LogP contribution in [0.2, 0.25) is 0 Å². The molecule has 0 aromatic heterocycles. The molecule has 1 aromatic carbocycles.